The molecule has 0 rings (SSSR count). The fourth-order valence-electron chi connectivity index (χ4n) is 8.28. The van der Waals surface area contributed by atoms with E-state index in [0.29, 0.717) is 19.3 Å². The highest BCUT2D eigenvalue weighted by atomic mass is 16.6. The summed E-state index contributed by atoms with van der Waals surface area (Å²) in [6.45, 7) is 6.45. The van der Waals surface area contributed by atoms with Gasteiger partial charge >= 0.3 is 17.9 Å². The highest BCUT2D eigenvalue weighted by molar-refractivity contribution is 5.71. The third-order valence-electron chi connectivity index (χ3n) is 12.8. The van der Waals surface area contributed by atoms with Crippen LogP contribution in [0.3, 0.4) is 0 Å². The molecule has 0 fully saturated rings. The maximum Gasteiger partial charge on any atom is 0.306 e. The molecule has 0 saturated carbocycles. The van der Waals surface area contributed by atoms with E-state index in [0.717, 1.165) is 89.9 Å². The summed E-state index contributed by atoms with van der Waals surface area (Å²) in [6, 6.07) is 0. The van der Waals surface area contributed by atoms with Crippen molar-refractivity contribution < 1.29 is 28.6 Å². The Bertz CT molecular complexity index is 1430. The summed E-state index contributed by atoms with van der Waals surface area (Å²) >= 11 is 0. The molecule has 0 aliphatic rings. The third-order valence-corrected chi connectivity index (χ3v) is 12.8. The SMILES string of the molecule is CC/C=C\C/C=C\C/C=C\C/C=C\CCC(=O)OCC(COC(=O)CCCCCCCCCCCC/C=C\C/C=C\C/C=C\CCCCCCC)OC(=O)CCCCCCC/C=C\CCCCCCCCC. The summed E-state index contributed by atoms with van der Waals surface area (Å²) in [7, 11) is 0. The monoisotopic (exact) mass is 1000 g/mol. The first-order valence-electron chi connectivity index (χ1n) is 30.2. The molecule has 0 aliphatic heterocycles. The number of carbonyl (C=O) groups is 3. The highest BCUT2D eigenvalue weighted by Crippen LogP contribution is 2.15. The molecule has 0 aromatic rings. The molecular weight excluding hydrogens is 889 g/mol. The highest BCUT2D eigenvalue weighted by Gasteiger charge is 2.19. The van der Waals surface area contributed by atoms with Crippen molar-refractivity contribution >= 4 is 17.9 Å². The van der Waals surface area contributed by atoms with Crippen LogP contribution in [0.25, 0.3) is 0 Å². The molecule has 0 aliphatic carbocycles. The van der Waals surface area contributed by atoms with E-state index in [4.69, 9.17) is 14.2 Å². The zero-order valence-corrected chi connectivity index (χ0v) is 47.2. The van der Waals surface area contributed by atoms with Gasteiger partial charge in [0.15, 0.2) is 6.10 Å². The van der Waals surface area contributed by atoms with Crippen LogP contribution in [-0.4, -0.2) is 37.2 Å². The molecular formula is C66H112O6. The van der Waals surface area contributed by atoms with E-state index in [1.54, 1.807) is 0 Å². The molecule has 0 aromatic carbocycles. The number of hydrogen-bond donors (Lipinski definition) is 0. The van der Waals surface area contributed by atoms with Gasteiger partial charge in [-0.2, -0.15) is 0 Å². The van der Waals surface area contributed by atoms with Crippen molar-refractivity contribution in [3.63, 3.8) is 0 Å². The predicted molar refractivity (Wildman–Crippen MR) is 311 cm³/mol. The minimum atomic E-state index is -0.813. The molecule has 0 amide bonds. The van der Waals surface area contributed by atoms with Gasteiger partial charge in [0.05, 0.1) is 0 Å². The van der Waals surface area contributed by atoms with Gasteiger partial charge in [-0.1, -0.05) is 253 Å². The van der Waals surface area contributed by atoms with Crippen LogP contribution in [0.2, 0.25) is 0 Å². The Balaban J connectivity index is 4.37. The van der Waals surface area contributed by atoms with Crippen LogP contribution >= 0.6 is 0 Å². The van der Waals surface area contributed by atoms with E-state index in [1.165, 1.54) is 148 Å². The summed E-state index contributed by atoms with van der Waals surface area (Å²) in [5.74, 6) is -0.997. The van der Waals surface area contributed by atoms with Crippen LogP contribution < -0.4 is 0 Å². The van der Waals surface area contributed by atoms with Crippen molar-refractivity contribution in [3.8, 4) is 0 Å². The molecule has 6 heteroatoms. The Morgan fingerprint density at radius 3 is 0.944 bits per heavy atom. The van der Waals surface area contributed by atoms with Gasteiger partial charge in [-0.15, -0.1) is 0 Å². The number of carbonyl (C=O) groups excluding carboxylic acids is 3. The second kappa shape index (κ2) is 59.9. The fraction of sp³-hybridized carbons (Fsp3) is 0.712. The minimum Gasteiger partial charge on any atom is -0.462 e. The number of rotatable bonds is 54. The van der Waals surface area contributed by atoms with Crippen molar-refractivity contribution in [3.05, 3.63) is 97.2 Å². The Morgan fingerprint density at radius 1 is 0.292 bits per heavy atom. The maximum atomic E-state index is 12.9. The van der Waals surface area contributed by atoms with Gasteiger partial charge in [0.1, 0.15) is 13.2 Å². The van der Waals surface area contributed by atoms with Gasteiger partial charge in [0.25, 0.3) is 0 Å². The van der Waals surface area contributed by atoms with Crippen molar-refractivity contribution in [1.29, 1.82) is 0 Å². The first kappa shape index (κ1) is 68.3. The largest absolute Gasteiger partial charge is 0.462 e. The standard InChI is InChI=1S/C66H112O6/c1-4-7-10-13-16-19-22-25-27-29-30-31-32-33-34-35-36-37-39-41-44-47-50-53-56-59-65(68)71-62-63(61-70-64(67)58-55-52-49-46-43-40-24-21-18-15-12-9-6-3)72-66(69)60-57-54-51-48-45-42-38-28-26-23-20-17-14-11-8-5-2/h9,12,18,21-22,25,28-30,32-33,38,40,43,49,52,63H,4-8,10-11,13-17,19-20,23-24,26-27,31,34-37,39,41-42,44-48,50-51,53-62H2,1-3H3/b12-9-,21-18-,25-22-,30-29-,33-32-,38-28-,43-40-,52-49-. The van der Waals surface area contributed by atoms with E-state index < -0.39 is 6.10 Å². The second-order valence-corrected chi connectivity index (χ2v) is 19.9. The molecule has 0 aromatic heterocycles. The average molecular weight is 1000 g/mol. The molecule has 72 heavy (non-hydrogen) atoms. The van der Waals surface area contributed by atoms with E-state index >= 15 is 0 Å². The van der Waals surface area contributed by atoms with E-state index in [2.05, 4.69) is 112 Å². The quantitative estimate of drug-likeness (QED) is 0.0261. The Hall–Kier alpha value is -3.67. The van der Waals surface area contributed by atoms with Crippen LogP contribution in [0, 0.1) is 0 Å². The van der Waals surface area contributed by atoms with Crippen LogP contribution in [0.15, 0.2) is 97.2 Å². The van der Waals surface area contributed by atoms with Gasteiger partial charge in [-0.05, 0) is 109 Å². The van der Waals surface area contributed by atoms with Gasteiger partial charge in [-0.3, -0.25) is 14.4 Å². The Morgan fingerprint density at radius 2 is 0.569 bits per heavy atom. The normalized spacial score (nSPS) is 12.8. The van der Waals surface area contributed by atoms with E-state index in [9.17, 15) is 14.4 Å². The molecule has 0 bridgehead atoms. The van der Waals surface area contributed by atoms with Crippen molar-refractivity contribution in [2.24, 2.45) is 0 Å². The third kappa shape index (κ3) is 57.2. The van der Waals surface area contributed by atoms with Crippen LogP contribution in [0.1, 0.15) is 284 Å². The second-order valence-electron chi connectivity index (χ2n) is 19.9. The average Bonchev–Trinajstić information content (AvgIpc) is 3.38. The van der Waals surface area contributed by atoms with Crippen molar-refractivity contribution in [1.82, 2.24) is 0 Å². The zero-order chi connectivity index (χ0) is 52.2. The van der Waals surface area contributed by atoms with Gasteiger partial charge in [0, 0.05) is 19.3 Å². The van der Waals surface area contributed by atoms with Gasteiger partial charge < -0.3 is 14.2 Å². The topological polar surface area (TPSA) is 78.9 Å². The lowest BCUT2D eigenvalue weighted by atomic mass is 10.1. The van der Waals surface area contributed by atoms with Crippen LogP contribution in [-0.2, 0) is 28.6 Å². The molecule has 1 unspecified atom stereocenters. The first-order chi connectivity index (χ1) is 35.5. The first-order valence-corrected chi connectivity index (χ1v) is 30.2. The fourth-order valence-corrected chi connectivity index (χ4v) is 8.28. The van der Waals surface area contributed by atoms with Crippen molar-refractivity contribution in [2.45, 2.75) is 290 Å². The number of ether oxygens (including phenoxy) is 3. The number of allylic oxidation sites excluding steroid dienone is 16. The summed E-state index contributed by atoms with van der Waals surface area (Å²) in [5, 5.41) is 0. The molecule has 0 spiro atoms. The van der Waals surface area contributed by atoms with Crippen LogP contribution in [0.5, 0.6) is 0 Å². The summed E-state index contributed by atoms with van der Waals surface area (Å²) < 4.78 is 16.8. The van der Waals surface area contributed by atoms with Crippen molar-refractivity contribution in [2.75, 3.05) is 13.2 Å². The van der Waals surface area contributed by atoms with E-state index in [-0.39, 0.29) is 37.5 Å². The molecule has 0 radical (unpaired) electrons. The molecule has 1 atom stereocenters. The lowest BCUT2D eigenvalue weighted by Gasteiger charge is -2.18. The lowest BCUT2D eigenvalue weighted by molar-refractivity contribution is -0.166. The van der Waals surface area contributed by atoms with Gasteiger partial charge in [0.2, 0.25) is 0 Å². The summed E-state index contributed by atoms with van der Waals surface area (Å²) in [5.41, 5.74) is 0. The predicted octanol–water partition coefficient (Wildman–Crippen LogP) is 20.5. The van der Waals surface area contributed by atoms with Crippen LogP contribution in [0.4, 0.5) is 0 Å². The summed E-state index contributed by atoms with van der Waals surface area (Å²) in [4.78, 5) is 38.1. The smallest absolute Gasteiger partial charge is 0.306 e. The van der Waals surface area contributed by atoms with Gasteiger partial charge in [-0.25, -0.2) is 0 Å². The lowest BCUT2D eigenvalue weighted by Crippen LogP contribution is -2.30. The summed E-state index contributed by atoms with van der Waals surface area (Å²) in [6.07, 6.45) is 79.9. The molecule has 0 saturated heterocycles. The maximum absolute atomic E-state index is 12.9. The molecule has 0 heterocycles. The zero-order valence-electron chi connectivity index (χ0n) is 47.2. The molecule has 0 N–H and O–H groups in total. The Labute approximate surface area is 445 Å². The Kier molecular flexibility index (Phi) is 56.8. The number of hydrogen-bond acceptors (Lipinski definition) is 6. The molecule has 6 nitrogen and oxygen atoms in total. The number of esters is 3. The number of unbranched alkanes of at least 4 members (excludes halogenated alkanes) is 27. The van der Waals surface area contributed by atoms with E-state index in [1.807, 2.05) is 6.08 Å². The minimum absolute atomic E-state index is 0.105. The molecule has 412 valence electrons.